The van der Waals surface area contributed by atoms with Crippen LogP contribution in [0.4, 0.5) is 0 Å². The lowest BCUT2D eigenvalue weighted by Gasteiger charge is -2.16. The highest BCUT2D eigenvalue weighted by atomic mass is 16.5. The maximum absolute atomic E-state index is 12.1. The van der Waals surface area contributed by atoms with Gasteiger partial charge in [-0.15, -0.1) is 0 Å². The van der Waals surface area contributed by atoms with Crippen LogP contribution in [-0.2, 0) is 4.79 Å². The molecule has 0 fully saturated rings. The normalized spacial score (nSPS) is 12.4. The zero-order valence-corrected chi connectivity index (χ0v) is 16.3. The van der Waals surface area contributed by atoms with Gasteiger partial charge in [0.1, 0.15) is 11.3 Å². The average Bonchev–Trinajstić information content (AvgIpc) is 2.54. The SMILES string of the molecule is Cc1cc(=O)oc2c(C)c(OCC(=O)N[C@@H](C)CCCC(C)C)ccc12. The van der Waals surface area contributed by atoms with Crippen LogP contribution < -0.4 is 15.7 Å². The molecule has 1 aromatic carbocycles. The molecule has 5 heteroatoms. The van der Waals surface area contributed by atoms with Crippen molar-refractivity contribution in [1.29, 1.82) is 0 Å². The van der Waals surface area contributed by atoms with Gasteiger partial charge >= 0.3 is 5.63 Å². The fourth-order valence-corrected chi connectivity index (χ4v) is 3.02. The maximum atomic E-state index is 12.1. The van der Waals surface area contributed by atoms with Crippen molar-refractivity contribution >= 4 is 16.9 Å². The molecule has 2 aromatic rings. The molecule has 1 heterocycles. The third-order valence-electron chi connectivity index (χ3n) is 4.50. The molecule has 0 bridgehead atoms. The summed E-state index contributed by atoms with van der Waals surface area (Å²) in [6.07, 6.45) is 3.23. The minimum absolute atomic E-state index is 0.0586. The van der Waals surface area contributed by atoms with Gasteiger partial charge in [-0.05, 0) is 50.8 Å². The Morgan fingerprint density at radius 1 is 1.19 bits per heavy atom. The van der Waals surface area contributed by atoms with Crippen LogP contribution in [0.5, 0.6) is 5.75 Å². The van der Waals surface area contributed by atoms with Gasteiger partial charge in [-0.1, -0.05) is 26.7 Å². The van der Waals surface area contributed by atoms with Crippen molar-refractivity contribution in [3.8, 4) is 5.75 Å². The highest BCUT2D eigenvalue weighted by Gasteiger charge is 2.13. The maximum Gasteiger partial charge on any atom is 0.336 e. The number of ether oxygens (including phenoxy) is 1. The van der Waals surface area contributed by atoms with Gasteiger partial charge in [0.05, 0.1) is 0 Å². The standard InChI is InChI=1S/C21H29NO4/c1-13(2)7-6-8-15(4)22-19(23)12-25-18-10-9-17-14(3)11-20(24)26-21(17)16(18)5/h9-11,13,15H,6-8,12H2,1-5H3,(H,22,23)/t15-/m0/s1. The molecular weight excluding hydrogens is 330 g/mol. The Labute approximate surface area is 154 Å². The molecule has 1 amide bonds. The van der Waals surface area contributed by atoms with Crippen molar-refractivity contribution in [3.05, 3.63) is 39.7 Å². The number of hydrogen-bond acceptors (Lipinski definition) is 4. The Hall–Kier alpha value is -2.30. The third-order valence-corrected chi connectivity index (χ3v) is 4.50. The van der Waals surface area contributed by atoms with Crippen molar-refractivity contribution < 1.29 is 13.9 Å². The van der Waals surface area contributed by atoms with E-state index in [1.807, 2.05) is 32.9 Å². The molecule has 0 spiro atoms. The Morgan fingerprint density at radius 2 is 1.92 bits per heavy atom. The molecule has 0 saturated carbocycles. The lowest BCUT2D eigenvalue weighted by Crippen LogP contribution is -2.36. The second kappa shape index (κ2) is 8.88. The minimum Gasteiger partial charge on any atom is -0.483 e. The molecule has 5 nitrogen and oxygen atoms in total. The number of fused-ring (bicyclic) bond motifs is 1. The lowest BCUT2D eigenvalue weighted by atomic mass is 10.0. The summed E-state index contributed by atoms with van der Waals surface area (Å²) in [5, 5.41) is 3.83. The highest BCUT2D eigenvalue weighted by molar-refractivity contribution is 5.85. The molecule has 0 saturated heterocycles. The second-order valence-electron chi connectivity index (χ2n) is 7.40. The van der Waals surface area contributed by atoms with Crippen LogP contribution in [0.2, 0.25) is 0 Å². The number of amides is 1. The number of benzene rings is 1. The predicted octanol–water partition coefficient (Wildman–Crippen LogP) is 4.12. The van der Waals surface area contributed by atoms with E-state index in [-0.39, 0.29) is 24.2 Å². The van der Waals surface area contributed by atoms with Crippen molar-refractivity contribution in [3.63, 3.8) is 0 Å². The van der Waals surface area contributed by atoms with Crippen LogP contribution in [0.25, 0.3) is 11.0 Å². The first-order valence-electron chi connectivity index (χ1n) is 9.24. The number of rotatable bonds is 8. The van der Waals surface area contributed by atoms with E-state index in [1.165, 1.54) is 6.07 Å². The fraction of sp³-hybridized carbons (Fsp3) is 0.524. The highest BCUT2D eigenvalue weighted by Crippen LogP contribution is 2.28. The van der Waals surface area contributed by atoms with E-state index in [0.717, 1.165) is 35.8 Å². The topological polar surface area (TPSA) is 68.5 Å². The summed E-state index contributed by atoms with van der Waals surface area (Å²) in [7, 11) is 0. The van der Waals surface area contributed by atoms with Crippen LogP contribution in [0.15, 0.2) is 27.4 Å². The van der Waals surface area contributed by atoms with E-state index in [0.29, 0.717) is 17.3 Å². The molecule has 26 heavy (non-hydrogen) atoms. The number of hydrogen-bond donors (Lipinski definition) is 1. The molecule has 0 aliphatic rings. The largest absolute Gasteiger partial charge is 0.483 e. The van der Waals surface area contributed by atoms with Gasteiger partial charge in [0.2, 0.25) is 0 Å². The van der Waals surface area contributed by atoms with E-state index in [9.17, 15) is 9.59 Å². The van der Waals surface area contributed by atoms with Crippen molar-refractivity contribution in [2.75, 3.05) is 6.61 Å². The smallest absolute Gasteiger partial charge is 0.336 e. The monoisotopic (exact) mass is 359 g/mol. The molecule has 142 valence electrons. The van der Waals surface area contributed by atoms with E-state index >= 15 is 0 Å². The van der Waals surface area contributed by atoms with Gasteiger partial charge in [-0.2, -0.15) is 0 Å². The molecule has 1 N–H and O–H groups in total. The number of carbonyl (C=O) groups excluding carboxylic acids is 1. The van der Waals surface area contributed by atoms with Crippen molar-refractivity contribution in [2.45, 2.75) is 59.9 Å². The van der Waals surface area contributed by atoms with Gasteiger partial charge in [0.25, 0.3) is 5.91 Å². The molecule has 1 aromatic heterocycles. The first-order valence-corrected chi connectivity index (χ1v) is 9.24. The number of nitrogens with one attached hydrogen (secondary N) is 1. The molecule has 0 radical (unpaired) electrons. The second-order valence-corrected chi connectivity index (χ2v) is 7.40. The zero-order valence-electron chi connectivity index (χ0n) is 16.3. The summed E-state index contributed by atoms with van der Waals surface area (Å²) in [5.74, 6) is 1.09. The van der Waals surface area contributed by atoms with Crippen molar-refractivity contribution in [1.82, 2.24) is 5.32 Å². The summed E-state index contributed by atoms with van der Waals surface area (Å²) < 4.78 is 11.0. The van der Waals surface area contributed by atoms with Crippen LogP contribution in [0.1, 0.15) is 51.2 Å². The first-order chi connectivity index (χ1) is 12.3. The van der Waals surface area contributed by atoms with Gasteiger partial charge in [0, 0.05) is 23.1 Å². The summed E-state index contributed by atoms with van der Waals surface area (Å²) in [6.45, 7) is 10.0. The predicted molar refractivity (Wildman–Crippen MR) is 104 cm³/mol. The van der Waals surface area contributed by atoms with Gasteiger partial charge < -0.3 is 14.5 Å². The Bertz CT molecular complexity index is 823. The molecule has 0 aliphatic carbocycles. The molecule has 1 atom stereocenters. The van der Waals surface area contributed by atoms with E-state index < -0.39 is 0 Å². The summed E-state index contributed by atoms with van der Waals surface area (Å²) >= 11 is 0. The number of carbonyl (C=O) groups is 1. The quantitative estimate of drug-likeness (QED) is 0.720. The Kier molecular flexibility index (Phi) is 6.83. The average molecular weight is 359 g/mol. The summed E-state index contributed by atoms with van der Waals surface area (Å²) in [4.78, 5) is 23.7. The van der Waals surface area contributed by atoms with Gasteiger partial charge in [-0.25, -0.2) is 4.79 Å². The first kappa shape index (κ1) is 20.0. The van der Waals surface area contributed by atoms with Crippen molar-refractivity contribution in [2.24, 2.45) is 5.92 Å². The zero-order chi connectivity index (χ0) is 19.3. The summed E-state index contributed by atoms with van der Waals surface area (Å²) in [5.41, 5.74) is 1.71. The van der Waals surface area contributed by atoms with Gasteiger partial charge in [-0.3, -0.25) is 4.79 Å². The van der Waals surface area contributed by atoms with Crippen LogP contribution in [0, 0.1) is 19.8 Å². The van der Waals surface area contributed by atoms with Crippen LogP contribution in [-0.4, -0.2) is 18.6 Å². The molecular formula is C21H29NO4. The van der Waals surface area contributed by atoms with Gasteiger partial charge in [0.15, 0.2) is 6.61 Å². The summed E-state index contributed by atoms with van der Waals surface area (Å²) in [6, 6.07) is 5.26. The minimum atomic E-state index is -0.386. The van der Waals surface area contributed by atoms with E-state index in [4.69, 9.17) is 9.15 Å². The molecule has 0 unspecified atom stereocenters. The number of aryl methyl sites for hydroxylation is 2. The molecule has 0 aliphatic heterocycles. The third kappa shape index (κ3) is 5.35. The van der Waals surface area contributed by atoms with Crippen LogP contribution in [0.3, 0.4) is 0 Å². The fourth-order valence-electron chi connectivity index (χ4n) is 3.02. The van der Waals surface area contributed by atoms with Crippen LogP contribution >= 0.6 is 0 Å². The molecule has 2 rings (SSSR count). The lowest BCUT2D eigenvalue weighted by molar-refractivity contribution is -0.123. The Balaban J connectivity index is 1.96. The van der Waals surface area contributed by atoms with E-state index in [2.05, 4.69) is 19.2 Å². The Morgan fingerprint density at radius 3 is 2.62 bits per heavy atom. The van der Waals surface area contributed by atoms with E-state index in [1.54, 1.807) is 0 Å².